The number of nitrogens with one attached hydrogen (secondary N) is 1. The van der Waals surface area contributed by atoms with Crippen LogP contribution >= 0.6 is 35.6 Å². The number of rotatable bonds is 8. The molecule has 10 heteroatoms. The standard InChI is InChI=1S/C25H19ClN6OS2/c26-19-13-7-8-14-20(19)27-16-32-25(34)33-21(31-32)15-35-24-28-22(17-9-3-1-4-10-17)23(29-30-24)18-11-5-2-6-12-18/h1-14,27H,15-16H2. The summed E-state index contributed by atoms with van der Waals surface area (Å²) in [6, 6.07) is 27.3. The molecule has 0 atom stereocenters. The van der Waals surface area contributed by atoms with Gasteiger partial charge in [-0.25, -0.2) is 9.67 Å². The van der Waals surface area contributed by atoms with E-state index in [2.05, 4.69) is 20.6 Å². The third-order valence-corrected chi connectivity index (χ3v) is 6.47. The highest BCUT2D eigenvalue weighted by atomic mass is 35.5. The molecule has 3 aromatic carbocycles. The molecule has 2 aromatic heterocycles. The lowest BCUT2D eigenvalue weighted by Crippen LogP contribution is -2.10. The molecule has 5 aromatic rings. The number of halogens is 1. The summed E-state index contributed by atoms with van der Waals surface area (Å²) >= 11 is 12.9. The molecule has 0 fully saturated rings. The number of para-hydroxylation sites is 1. The molecule has 0 saturated carbocycles. The highest BCUT2D eigenvalue weighted by Gasteiger charge is 2.15. The molecule has 0 amide bonds. The first-order valence-corrected chi connectivity index (χ1v) is 12.5. The number of benzene rings is 3. The second-order valence-electron chi connectivity index (χ2n) is 7.39. The zero-order chi connectivity index (χ0) is 24.0. The minimum Gasteiger partial charge on any atom is -0.413 e. The van der Waals surface area contributed by atoms with Gasteiger partial charge in [0.2, 0.25) is 11.0 Å². The zero-order valence-corrected chi connectivity index (χ0v) is 20.7. The van der Waals surface area contributed by atoms with Crippen molar-refractivity contribution >= 4 is 41.3 Å². The van der Waals surface area contributed by atoms with Gasteiger partial charge < -0.3 is 9.73 Å². The number of hydrogen-bond donors (Lipinski definition) is 1. The van der Waals surface area contributed by atoms with Crippen LogP contribution in [0.2, 0.25) is 5.02 Å². The monoisotopic (exact) mass is 518 g/mol. The Balaban J connectivity index is 1.33. The molecule has 0 aliphatic carbocycles. The van der Waals surface area contributed by atoms with Crippen LogP contribution in [-0.2, 0) is 12.4 Å². The molecule has 0 aliphatic heterocycles. The summed E-state index contributed by atoms with van der Waals surface area (Å²) in [4.78, 5) is 5.08. The highest BCUT2D eigenvalue weighted by Crippen LogP contribution is 2.30. The fourth-order valence-electron chi connectivity index (χ4n) is 3.36. The van der Waals surface area contributed by atoms with E-state index in [0.29, 0.717) is 28.5 Å². The largest absolute Gasteiger partial charge is 0.413 e. The predicted molar refractivity (Wildman–Crippen MR) is 141 cm³/mol. The molecule has 35 heavy (non-hydrogen) atoms. The van der Waals surface area contributed by atoms with Gasteiger partial charge in [0.25, 0.3) is 4.84 Å². The van der Waals surface area contributed by atoms with E-state index >= 15 is 0 Å². The Bertz CT molecular complexity index is 1490. The quantitative estimate of drug-likeness (QED) is 0.178. The summed E-state index contributed by atoms with van der Waals surface area (Å²) in [5.74, 6) is 0.876. The van der Waals surface area contributed by atoms with Crippen molar-refractivity contribution in [3.63, 3.8) is 0 Å². The highest BCUT2D eigenvalue weighted by molar-refractivity contribution is 7.98. The molecule has 0 saturated heterocycles. The summed E-state index contributed by atoms with van der Waals surface area (Å²) < 4.78 is 7.23. The van der Waals surface area contributed by atoms with Gasteiger partial charge in [-0.3, -0.25) is 0 Å². The number of nitrogens with zero attached hydrogens (tertiary/aromatic N) is 5. The van der Waals surface area contributed by atoms with Crippen molar-refractivity contribution in [1.82, 2.24) is 25.0 Å². The second-order valence-corrected chi connectivity index (χ2v) is 9.09. The smallest absolute Gasteiger partial charge is 0.288 e. The van der Waals surface area contributed by atoms with Gasteiger partial charge in [-0.05, 0) is 24.4 Å². The van der Waals surface area contributed by atoms with Crippen molar-refractivity contribution in [2.45, 2.75) is 17.6 Å². The van der Waals surface area contributed by atoms with Crippen LogP contribution in [0.15, 0.2) is 94.5 Å². The molecule has 0 unspecified atom stereocenters. The van der Waals surface area contributed by atoms with Crippen LogP contribution in [0, 0.1) is 4.84 Å². The van der Waals surface area contributed by atoms with E-state index in [9.17, 15) is 0 Å². The third kappa shape index (κ3) is 5.59. The zero-order valence-electron chi connectivity index (χ0n) is 18.3. The third-order valence-electron chi connectivity index (χ3n) is 5.03. The Morgan fingerprint density at radius 1 is 0.857 bits per heavy atom. The normalized spacial score (nSPS) is 10.9. The van der Waals surface area contributed by atoms with Crippen LogP contribution in [0.1, 0.15) is 5.89 Å². The van der Waals surface area contributed by atoms with Crippen LogP contribution < -0.4 is 5.32 Å². The lowest BCUT2D eigenvalue weighted by atomic mass is 10.0. The maximum Gasteiger partial charge on any atom is 0.288 e. The van der Waals surface area contributed by atoms with Gasteiger partial charge in [-0.2, -0.15) is 0 Å². The van der Waals surface area contributed by atoms with E-state index < -0.39 is 0 Å². The Morgan fingerprint density at radius 3 is 2.23 bits per heavy atom. The number of hydrogen-bond acceptors (Lipinski definition) is 8. The van der Waals surface area contributed by atoms with Gasteiger partial charge in [0.1, 0.15) is 18.1 Å². The van der Waals surface area contributed by atoms with Gasteiger partial charge in [-0.15, -0.1) is 15.3 Å². The van der Waals surface area contributed by atoms with Crippen molar-refractivity contribution in [3.8, 4) is 22.5 Å². The van der Waals surface area contributed by atoms with Crippen molar-refractivity contribution in [1.29, 1.82) is 0 Å². The summed E-state index contributed by atoms with van der Waals surface area (Å²) in [6.45, 7) is 0.332. The number of anilines is 1. The molecule has 0 radical (unpaired) electrons. The van der Waals surface area contributed by atoms with E-state index in [4.69, 9.17) is 33.2 Å². The van der Waals surface area contributed by atoms with E-state index in [1.807, 2.05) is 84.9 Å². The minimum absolute atomic E-state index is 0.267. The Hall–Kier alpha value is -3.53. The van der Waals surface area contributed by atoms with Crippen LogP contribution in [0.5, 0.6) is 0 Å². The van der Waals surface area contributed by atoms with E-state index in [-0.39, 0.29) is 4.84 Å². The number of thioether (sulfide) groups is 1. The summed E-state index contributed by atoms with van der Waals surface area (Å²) in [5, 5.41) is 17.6. The Labute approximate surface area is 216 Å². The van der Waals surface area contributed by atoms with E-state index in [1.54, 1.807) is 4.68 Å². The summed E-state index contributed by atoms with van der Waals surface area (Å²) in [7, 11) is 0. The molecule has 1 N–H and O–H groups in total. The maximum absolute atomic E-state index is 6.20. The SMILES string of the molecule is S=c1oc(CSc2nnc(-c3ccccc3)c(-c3ccccc3)n2)nn1CNc1ccccc1Cl. The molecular formula is C25H19ClN6OS2. The molecule has 5 rings (SSSR count). The Kier molecular flexibility index (Phi) is 7.17. The average Bonchev–Trinajstić information content (AvgIpc) is 3.27. The molecule has 0 aliphatic rings. The molecule has 7 nitrogen and oxygen atoms in total. The fourth-order valence-corrected chi connectivity index (χ4v) is 4.39. The first-order valence-electron chi connectivity index (χ1n) is 10.7. The van der Waals surface area contributed by atoms with Gasteiger partial charge in [0, 0.05) is 11.1 Å². The summed E-state index contributed by atoms with van der Waals surface area (Å²) in [5.41, 5.74) is 4.22. The van der Waals surface area contributed by atoms with Crippen LogP contribution in [-0.4, -0.2) is 25.0 Å². The second kappa shape index (κ2) is 10.8. The maximum atomic E-state index is 6.20. The molecule has 0 bridgehead atoms. The Morgan fingerprint density at radius 2 is 1.51 bits per heavy atom. The van der Waals surface area contributed by atoms with Crippen molar-refractivity contribution < 1.29 is 4.42 Å². The van der Waals surface area contributed by atoms with E-state index in [1.165, 1.54) is 11.8 Å². The van der Waals surface area contributed by atoms with Crippen LogP contribution in [0.25, 0.3) is 22.5 Å². The van der Waals surface area contributed by atoms with Gasteiger partial charge in [-0.1, -0.05) is 96.2 Å². The fraction of sp³-hybridized carbons (Fsp3) is 0.0800. The average molecular weight is 519 g/mol. The van der Waals surface area contributed by atoms with Crippen molar-refractivity contribution in [3.05, 3.63) is 101 Å². The van der Waals surface area contributed by atoms with Crippen LogP contribution in [0.4, 0.5) is 5.69 Å². The van der Waals surface area contributed by atoms with E-state index in [0.717, 1.165) is 28.2 Å². The van der Waals surface area contributed by atoms with Crippen molar-refractivity contribution in [2.75, 3.05) is 5.32 Å². The molecule has 2 heterocycles. The lowest BCUT2D eigenvalue weighted by Gasteiger charge is -2.09. The first-order chi connectivity index (χ1) is 17.2. The molecule has 0 spiro atoms. The van der Waals surface area contributed by atoms with Gasteiger partial charge in [0.05, 0.1) is 16.5 Å². The van der Waals surface area contributed by atoms with Gasteiger partial charge >= 0.3 is 0 Å². The predicted octanol–water partition coefficient (Wildman–Crippen LogP) is 6.74. The van der Waals surface area contributed by atoms with Crippen LogP contribution in [0.3, 0.4) is 0 Å². The molecular weight excluding hydrogens is 500 g/mol. The first kappa shape index (κ1) is 23.2. The minimum atomic E-state index is 0.267. The molecule has 174 valence electrons. The van der Waals surface area contributed by atoms with Gasteiger partial charge in [0.15, 0.2) is 0 Å². The topological polar surface area (TPSA) is 81.7 Å². The summed E-state index contributed by atoms with van der Waals surface area (Å²) in [6.07, 6.45) is 0. The number of aromatic nitrogens is 5. The van der Waals surface area contributed by atoms with Crippen molar-refractivity contribution in [2.24, 2.45) is 0 Å². The lowest BCUT2D eigenvalue weighted by molar-refractivity contribution is 0.488.